The lowest BCUT2D eigenvalue weighted by Gasteiger charge is -2.09. The van der Waals surface area contributed by atoms with E-state index in [-0.39, 0.29) is 5.75 Å². The molecule has 0 unspecified atom stereocenters. The van der Waals surface area contributed by atoms with Gasteiger partial charge in [-0.05, 0) is 30.2 Å². The number of pyridine rings is 1. The van der Waals surface area contributed by atoms with Crippen LogP contribution in [-0.4, -0.2) is 18.0 Å². The Morgan fingerprint density at radius 1 is 1.00 bits per heavy atom. The predicted molar refractivity (Wildman–Crippen MR) is 76.8 cm³/mol. The number of rotatable bonds is 6. The molecule has 2 aromatic rings. The van der Waals surface area contributed by atoms with Crippen LogP contribution in [0, 0.1) is 0 Å². The van der Waals surface area contributed by atoms with Gasteiger partial charge >= 0.3 is 6.36 Å². The average Bonchev–Trinajstić information content (AvgIpc) is 2.48. The van der Waals surface area contributed by atoms with E-state index in [4.69, 9.17) is 4.74 Å². The van der Waals surface area contributed by atoms with Gasteiger partial charge in [0.25, 0.3) is 0 Å². The molecule has 0 N–H and O–H groups in total. The van der Waals surface area contributed by atoms with Gasteiger partial charge in [-0.25, -0.2) is 4.98 Å². The minimum atomic E-state index is -4.68. The van der Waals surface area contributed by atoms with Crippen LogP contribution >= 0.6 is 0 Å². The van der Waals surface area contributed by atoms with Crippen molar-refractivity contribution in [3.63, 3.8) is 0 Å². The molecule has 0 radical (unpaired) electrons. The van der Waals surface area contributed by atoms with Crippen LogP contribution < -0.4 is 9.47 Å². The van der Waals surface area contributed by atoms with Crippen LogP contribution in [0.3, 0.4) is 0 Å². The third-order valence-corrected chi connectivity index (χ3v) is 2.91. The van der Waals surface area contributed by atoms with Gasteiger partial charge < -0.3 is 9.47 Å². The molecule has 0 aliphatic heterocycles. The van der Waals surface area contributed by atoms with Gasteiger partial charge in [0.1, 0.15) is 5.75 Å². The molecular weight excluding hydrogens is 295 g/mol. The highest BCUT2D eigenvalue weighted by molar-refractivity contribution is 5.63. The average molecular weight is 311 g/mol. The predicted octanol–water partition coefficient (Wildman–Crippen LogP) is 4.83. The van der Waals surface area contributed by atoms with E-state index in [1.165, 1.54) is 12.1 Å². The Bertz CT molecular complexity index is 580. The Kier molecular flexibility index (Phi) is 5.25. The summed E-state index contributed by atoms with van der Waals surface area (Å²) >= 11 is 0. The van der Waals surface area contributed by atoms with Crippen LogP contribution in [0.15, 0.2) is 42.6 Å². The fourth-order valence-corrected chi connectivity index (χ4v) is 1.81. The van der Waals surface area contributed by atoms with E-state index < -0.39 is 6.36 Å². The minimum absolute atomic E-state index is 0.247. The summed E-state index contributed by atoms with van der Waals surface area (Å²) in [6, 6.07) is 9.20. The van der Waals surface area contributed by atoms with Crippen LogP contribution in [0.5, 0.6) is 11.6 Å². The van der Waals surface area contributed by atoms with Crippen molar-refractivity contribution in [3.05, 3.63) is 42.6 Å². The fourth-order valence-electron chi connectivity index (χ4n) is 1.81. The van der Waals surface area contributed by atoms with E-state index >= 15 is 0 Å². The number of alkyl halides is 3. The van der Waals surface area contributed by atoms with Crippen LogP contribution in [0.2, 0.25) is 0 Å². The summed E-state index contributed by atoms with van der Waals surface area (Å²) in [5.41, 5.74) is 1.54. The summed E-state index contributed by atoms with van der Waals surface area (Å²) in [5, 5.41) is 0. The summed E-state index contributed by atoms with van der Waals surface area (Å²) in [5.74, 6) is 0.290. The third kappa shape index (κ3) is 4.95. The standard InChI is InChI=1S/C16H16F3NO2/c1-2-3-10-21-15-9-6-13(11-20-15)12-4-7-14(8-5-12)22-16(17,18)19/h4-9,11H,2-3,10H2,1H3. The lowest BCUT2D eigenvalue weighted by molar-refractivity contribution is -0.274. The topological polar surface area (TPSA) is 31.4 Å². The Hall–Kier alpha value is -2.24. The van der Waals surface area contributed by atoms with E-state index in [0.717, 1.165) is 24.0 Å². The number of nitrogens with zero attached hydrogens (tertiary/aromatic N) is 1. The van der Waals surface area contributed by atoms with Crippen LogP contribution in [0.1, 0.15) is 19.8 Å². The monoisotopic (exact) mass is 311 g/mol. The second-order valence-electron chi connectivity index (χ2n) is 4.66. The van der Waals surface area contributed by atoms with Crippen molar-refractivity contribution in [2.45, 2.75) is 26.1 Å². The molecular formula is C16H16F3NO2. The fraction of sp³-hybridized carbons (Fsp3) is 0.312. The quantitative estimate of drug-likeness (QED) is 0.716. The second kappa shape index (κ2) is 7.15. The number of hydrogen-bond donors (Lipinski definition) is 0. The first kappa shape index (κ1) is 16.1. The first-order valence-corrected chi connectivity index (χ1v) is 6.93. The smallest absolute Gasteiger partial charge is 0.478 e. The van der Waals surface area contributed by atoms with Gasteiger partial charge in [0, 0.05) is 17.8 Å². The molecule has 2 rings (SSSR count). The Balaban J connectivity index is 2.02. The van der Waals surface area contributed by atoms with E-state index in [0.29, 0.717) is 12.5 Å². The molecule has 6 heteroatoms. The number of hydrogen-bond acceptors (Lipinski definition) is 3. The minimum Gasteiger partial charge on any atom is -0.478 e. The number of aromatic nitrogens is 1. The van der Waals surface area contributed by atoms with Crippen molar-refractivity contribution in [3.8, 4) is 22.8 Å². The number of halogens is 3. The van der Waals surface area contributed by atoms with E-state index in [2.05, 4.69) is 16.6 Å². The van der Waals surface area contributed by atoms with Gasteiger partial charge in [-0.1, -0.05) is 25.5 Å². The van der Waals surface area contributed by atoms with Gasteiger partial charge in [-0.15, -0.1) is 13.2 Å². The second-order valence-corrected chi connectivity index (χ2v) is 4.66. The summed E-state index contributed by atoms with van der Waals surface area (Å²) in [4.78, 5) is 4.18. The SMILES string of the molecule is CCCCOc1ccc(-c2ccc(OC(F)(F)F)cc2)cn1. The molecule has 0 atom stereocenters. The molecule has 0 bridgehead atoms. The van der Waals surface area contributed by atoms with Crippen molar-refractivity contribution in [2.24, 2.45) is 0 Å². The molecule has 22 heavy (non-hydrogen) atoms. The molecule has 1 aromatic heterocycles. The number of benzene rings is 1. The van der Waals surface area contributed by atoms with E-state index in [1.807, 2.05) is 6.07 Å². The summed E-state index contributed by atoms with van der Waals surface area (Å²) in [7, 11) is 0. The zero-order chi connectivity index (χ0) is 16.0. The van der Waals surface area contributed by atoms with Gasteiger partial charge in [-0.2, -0.15) is 0 Å². The van der Waals surface area contributed by atoms with Crippen LogP contribution in [-0.2, 0) is 0 Å². The summed E-state index contributed by atoms with van der Waals surface area (Å²) in [6.45, 7) is 2.69. The van der Waals surface area contributed by atoms with E-state index in [1.54, 1.807) is 24.4 Å². The van der Waals surface area contributed by atoms with Crippen LogP contribution in [0.25, 0.3) is 11.1 Å². The van der Waals surface area contributed by atoms with Gasteiger partial charge in [0.05, 0.1) is 6.61 Å². The summed E-state index contributed by atoms with van der Waals surface area (Å²) < 4.78 is 45.6. The Morgan fingerprint density at radius 2 is 1.68 bits per heavy atom. The molecule has 118 valence electrons. The van der Waals surface area contributed by atoms with Gasteiger partial charge in [0.15, 0.2) is 0 Å². The maximum absolute atomic E-state index is 12.1. The van der Waals surface area contributed by atoms with Crippen molar-refractivity contribution in [1.29, 1.82) is 0 Å². The lowest BCUT2D eigenvalue weighted by atomic mass is 10.1. The molecule has 0 fully saturated rings. The van der Waals surface area contributed by atoms with Crippen molar-refractivity contribution >= 4 is 0 Å². The first-order chi connectivity index (χ1) is 10.5. The highest BCUT2D eigenvalue weighted by Gasteiger charge is 2.30. The molecule has 0 saturated carbocycles. The van der Waals surface area contributed by atoms with Gasteiger partial charge in [0.2, 0.25) is 5.88 Å². The molecule has 3 nitrogen and oxygen atoms in total. The summed E-state index contributed by atoms with van der Waals surface area (Å²) in [6.07, 6.45) is -1.05. The molecule has 0 saturated heterocycles. The first-order valence-electron chi connectivity index (χ1n) is 6.93. The molecule has 0 aliphatic rings. The largest absolute Gasteiger partial charge is 0.573 e. The number of ether oxygens (including phenoxy) is 2. The molecule has 0 spiro atoms. The van der Waals surface area contributed by atoms with Gasteiger partial charge in [-0.3, -0.25) is 0 Å². The Morgan fingerprint density at radius 3 is 2.23 bits per heavy atom. The maximum atomic E-state index is 12.1. The molecule has 0 aliphatic carbocycles. The maximum Gasteiger partial charge on any atom is 0.573 e. The highest BCUT2D eigenvalue weighted by atomic mass is 19.4. The van der Waals surface area contributed by atoms with Crippen LogP contribution in [0.4, 0.5) is 13.2 Å². The molecule has 0 amide bonds. The van der Waals surface area contributed by atoms with Crippen molar-refractivity contribution in [2.75, 3.05) is 6.61 Å². The Labute approximate surface area is 126 Å². The molecule has 1 heterocycles. The normalized spacial score (nSPS) is 11.3. The zero-order valence-corrected chi connectivity index (χ0v) is 12.1. The lowest BCUT2D eigenvalue weighted by Crippen LogP contribution is -2.16. The third-order valence-electron chi connectivity index (χ3n) is 2.91. The molecule has 1 aromatic carbocycles. The van der Waals surface area contributed by atoms with E-state index in [9.17, 15) is 13.2 Å². The van der Waals surface area contributed by atoms with Crippen molar-refractivity contribution in [1.82, 2.24) is 4.98 Å². The number of unbranched alkanes of at least 4 members (excludes halogenated alkanes) is 1. The highest BCUT2D eigenvalue weighted by Crippen LogP contribution is 2.26. The zero-order valence-electron chi connectivity index (χ0n) is 12.1. The van der Waals surface area contributed by atoms with Crippen molar-refractivity contribution < 1.29 is 22.6 Å².